The largest absolute Gasteiger partial charge is 0.507 e. The van der Waals surface area contributed by atoms with Gasteiger partial charge in [0.2, 0.25) is 16.9 Å². The Morgan fingerprint density at radius 3 is 1.25 bits per heavy atom. The SMILES string of the molecule is Br.Br.CC1(C)CC(n2nnc3cc(-c4cc(F)c(-c5cn[nH]c5)cc4O)nnc32)CC(C)(C)N1.CC1(C)CC(n2nnc3cc(Cl)nnc32)CC(C)(C)N1.COc1cc(-c2cnn(C3CCCCO3)c2)c(F)cc1-c1cc2nnn(C3CC(C)(C)NC(C)(C)C3)c2nn1.COc1cc(-c2cnn(C3CCCCO3)c2)c(F)cc1B1OC(C)(C)C(C)(C)O1. The van der Waals surface area contributed by atoms with Crippen molar-refractivity contribution in [3.05, 3.63) is 114 Å². The van der Waals surface area contributed by atoms with Gasteiger partial charge in [-0.3, -0.25) is 5.10 Å². The highest BCUT2D eigenvalue weighted by atomic mass is 79.9. The Bertz CT molecular complexity index is 5640. The third kappa shape index (κ3) is 19.7. The number of aromatic hydroxyl groups is 1. The number of aromatic amines is 1. The number of piperidine rings is 3. The van der Waals surface area contributed by atoms with Crippen LogP contribution in [0.4, 0.5) is 13.2 Å². The first kappa shape index (κ1) is 90.7. The number of methoxy groups -OCH3 is 2. The molecular weight excluding hydrogens is 1720 g/mol. The summed E-state index contributed by atoms with van der Waals surface area (Å²) in [5.41, 5.74) is 7.58. The second-order valence-electron chi connectivity index (χ2n) is 37.3. The van der Waals surface area contributed by atoms with Gasteiger partial charge in [-0.15, -0.1) is 79.9 Å². The zero-order valence-electron chi connectivity index (χ0n) is 72.2. The number of nitrogens with zero attached hydrogens (tertiary/aromatic N) is 20. The van der Waals surface area contributed by atoms with Crippen LogP contribution < -0.4 is 30.9 Å². The van der Waals surface area contributed by atoms with Crippen molar-refractivity contribution < 1.29 is 46.5 Å². The number of aromatic nitrogens is 21. The second-order valence-corrected chi connectivity index (χ2v) is 37.7. The summed E-state index contributed by atoms with van der Waals surface area (Å²) in [6.07, 6.45) is 21.4. The molecule has 2 unspecified atom stereocenters. The topological polar surface area (TPSA) is 345 Å². The van der Waals surface area contributed by atoms with Crippen molar-refractivity contribution in [3.8, 4) is 73.1 Å². The van der Waals surface area contributed by atoms with Crippen LogP contribution in [-0.4, -0.2) is 189 Å². The molecule has 3 aromatic carbocycles. The van der Waals surface area contributed by atoms with E-state index >= 15 is 8.78 Å². The van der Waals surface area contributed by atoms with Gasteiger partial charge >= 0.3 is 7.12 Å². The zero-order valence-corrected chi connectivity index (χ0v) is 76.4. The first-order valence-electron chi connectivity index (χ1n) is 41.0. The molecule has 6 fully saturated rings. The number of hydrogen-bond donors (Lipinski definition) is 5. The number of phenols is 1. The van der Waals surface area contributed by atoms with Gasteiger partial charge < -0.3 is 49.3 Å². The van der Waals surface area contributed by atoms with E-state index in [0.29, 0.717) is 107 Å². The molecule has 9 aromatic heterocycles. The van der Waals surface area contributed by atoms with Crippen molar-refractivity contribution in [2.24, 2.45) is 0 Å². The van der Waals surface area contributed by atoms with Crippen molar-refractivity contribution in [2.75, 3.05) is 27.4 Å². The number of benzene rings is 3. The lowest BCUT2D eigenvalue weighted by Gasteiger charge is -2.46. The Morgan fingerprint density at radius 1 is 0.451 bits per heavy atom. The highest BCUT2D eigenvalue weighted by Crippen LogP contribution is 2.45. The van der Waals surface area contributed by atoms with E-state index in [1.54, 1.807) is 72.5 Å². The molecule has 2 atom stereocenters. The number of hydrogen-bond acceptors (Lipinski definition) is 25. The number of halogens is 6. The molecule has 38 heteroatoms. The smallest absolute Gasteiger partial charge is 0.498 e. The molecule has 6 aliphatic rings. The van der Waals surface area contributed by atoms with E-state index in [-0.39, 0.29) is 120 Å². The molecule has 6 saturated heterocycles. The number of fused-ring (bicyclic) bond motifs is 3. The summed E-state index contributed by atoms with van der Waals surface area (Å²) in [4.78, 5) is 0. The molecule has 0 saturated carbocycles. The maximum atomic E-state index is 15.5. The molecule has 6 aliphatic heterocycles. The van der Waals surface area contributed by atoms with Crippen molar-refractivity contribution in [3.63, 3.8) is 0 Å². The standard InChI is InChI=1S/C28H35FN8O2.C22H25FN8O.C21H28BFN2O4.C13H19ClN6.2BrH/c1-27(2)13-18(14-28(3,4)34-27)37-26-23(32-35-37)12-22(31-33-26)20-10-21(29)19(11-24(20)38-5)17-15-30-36(16-17)25-8-6-7-9-39-25;1-21(2)8-13(9-22(3,4)29-21)31-20-18(27-30-31)7-17(26-28-20)15-5-16(23)14(6-19(15)32)12-10-24-25-11-12;1-20(2)21(3,4)29-22(28-20)16-11-17(23)15(10-18(16)26-5)14-12-24-25(13-14)19-8-6-7-9-27-19;1-12(2)6-8(7-13(3,4)18-12)20-11-9(15-19-20)5-10(14)16-17-11;;/h10-12,15-16,18,25,34H,6-9,13-14H2,1-5H3;5-7,10-11,13,29,32H,8-9H2,1-4H3,(H,24,25);10-13,19H,6-9H2,1-5H3;5,8,18H,6-7H2,1-4H3;2*1H. The van der Waals surface area contributed by atoms with Crippen LogP contribution in [0.15, 0.2) is 91.8 Å². The molecule has 652 valence electrons. The molecule has 0 amide bonds. The van der Waals surface area contributed by atoms with E-state index in [9.17, 15) is 9.50 Å². The Kier molecular flexibility index (Phi) is 26.1. The average molecular weight is 1830 g/mol. The first-order valence-corrected chi connectivity index (χ1v) is 41.3. The van der Waals surface area contributed by atoms with Crippen LogP contribution in [0.3, 0.4) is 0 Å². The molecule has 122 heavy (non-hydrogen) atoms. The molecule has 0 bridgehead atoms. The van der Waals surface area contributed by atoms with Gasteiger partial charge in [0.15, 0.2) is 5.15 Å². The van der Waals surface area contributed by atoms with Gasteiger partial charge in [0.05, 0.1) is 73.5 Å². The number of phenolic OH excluding ortho intramolecular Hbond substituents is 1. The van der Waals surface area contributed by atoms with Crippen molar-refractivity contribution >= 4 is 91.6 Å². The van der Waals surface area contributed by atoms with Crippen LogP contribution in [0.1, 0.15) is 218 Å². The number of rotatable bonds is 13. The van der Waals surface area contributed by atoms with Crippen LogP contribution in [0.2, 0.25) is 5.15 Å². The summed E-state index contributed by atoms with van der Waals surface area (Å²) in [6.45, 7) is 35.6. The van der Waals surface area contributed by atoms with Crippen molar-refractivity contribution in [2.45, 2.75) is 263 Å². The van der Waals surface area contributed by atoms with Gasteiger partial charge in [-0.25, -0.2) is 36.6 Å². The molecule has 18 rings (SSSR count). The normalized spacial score (nSPS) is 20.8. The van der Waals surface area contributed by atoms with Crippen LogP contribution in [-0.2, 0) is 18.8 Å². The molecule has 5 N–H and O–H groups in total. The minimum absolute atomic E-state index is 0. The Labute approximate surface area is 732 Å². The summed E-state index contributed by atoms with van der Waals surface area (Å²) in [5, 5.41) is 88.7. The molecule has 0 spiro atoms. The molecule has 31 nitrogen and oxygen atoms in total. The second kappa shape index (κ2) is 35.2. The van der Waals surface area contributed by atoms with Crippen molar-refractivity contribution in [1.82, 2.24) is 121 Å². The maximum absolute atomic E-state index is 15.5. The zero-order chi connectivity index (χ0) is 85.4. The third-order valence-corrected chi connectivity index (χ3v) is 23.6. The average Bonchev–Trinajstić information content (AvgIpc) is 1.56. The van der Waals surface area contributed by atoms with Gasteiger partial charge in [0.1, 0.15) is 63.7 Å². The number of nitrogens with one attached hydrogen (secondary N) is 4. The summed E-state index contributed by atoms with van der Waals surface area (Å²) in [5.74, 6) is -0.383. The van der Waals surface area contributed by atoms with E-state index in [0.717, 1.165) is 83.7 Å². The lowest BCUT2D eigenvalue weighted by atomic mass is 9.77. The van der Waals surface area contributed by atoms with E-state index in [1.165, 1.54) is 30.5 Å². The third-order valence-electron chi connectivity index (χ3n) is 23.5. The summed E-state index contributed by atoms with van der Waals surface area (Å²) < 4.78 is 89.4. The van der Waals surface area contributed by atoms with Gasteiger partial charge in [0, 0.05) is 121 Å². The molecule has 0 aliphatic carbocycles. The number of ether oxygens (including phenoxy) is 4. The number of H-pyrrole nitrogens is 1. The fraction of sp³-hybridized carbons (Fsp3) is 0.536. The summed E-state index contributed by atoms with van der Waals surface area (Å²) in [7, 11) is 2.42. The quantitative estimate of drug-likeness (QED) is 0.0669. The summed E-state index contributed by atoms with van der Waals surface area (Å²) in [6, 6.07) is 14.5. The predicted octanol–water partition coefficient (Wildman–Crippen LogP) is 15.9. The molecule has 15 heterocycles. The molecule has 12 aromatic rings. The Hall–Kier alpha value is -9.05. The van der Waals surface area contributed by atoms with Gasteiger partial charge in [-0.1, -0.05) is 27.2 Å². The minimum Gasteiger partial charge on any atom is -0.507 e. The van der Waals surface area contributed by atoms with Crippen LogP contribution in [0, 0.1) is 17.5 Å². The highest BCUT2D eigenvalue weighted by molar-refractivity contribution is 8.93. The Morgan fingerprint density at radius 2 is 0.844 bits per heavy atom. The van der Waals surface area contributed by atoms with Crippen LogP contribution >= 0.6 is 45.6 Å². The van der Waals surface area contributed by atoms with Crippen molar-refractivity contribution in [1.29, 1.82) is 0 Å². The van der Waals surface area contributed by atoms with E-state index in [2.05, 4.69) is 181 Å². The monoisotopic (exact) mass is 1830 g/mol. The maximum Gasteiger partial charge on any atom is 0.498 e. The Balaban J connectivity index is 0.000000143. The van der Waals surface area contributed by atoms with Gasteiger partial charge in [-0.2, -0.15) is 15.3 Å². The highest BCUT2D eigenvalue weighted by Gasteiger charge is 2.53. The van der Waals surface area contributed by atoms with Crippen LogP contribution in [0.5, 0.6) is 17.2 Å². The first-order chi connectivity index (χ1) is 56.7. The van der Waals surface area contributed by atoms with E-state index in [4.69, 9.17) is 39.9 Å². The van der Waals surface area contributed by atoms with Gasteiger partial charge in [-0.05, 0) is 236 Å². The fourth-order valence-electron chi connectivity index (χ4n) is 18.3. The summed E-state index contributed by atoms with van der Waals surface area (Å²) >= 11 is 5.84. The minimum atomic E-state index is -0.697. The van der Waals surface area contributed by atoms with E-state index < -0.39 is 30.0 Å². The van der Waals surface area contributed by atoms with Gasteiger partial charge in [0.25, 0.3) is 0 Å². The van der Waals surface area contributed by atoms with E-state index in [1.807, 2.05) is 54.1 Å². The molecular formula is C84H109BBr2ClF3N24O7. The fourth-order valence-corrected chi connectivity index (χ4v) is 18.5. The lowest BCUT2D eigenvalue weighted by molar-refractivity contribution is -0.0395. The molecule has 0 radical (unpaired) electrons. The van der Waals surface area contributed by atoms with Crippen LogP contribution in [0.25, 0.3) is 89.4 Å². The lowest BCUT2D eigenvalue weighted by Crippen LogP contribution is -2.58. The predicted molar refractivity (Wildman–Crippen MR) is 469 cm³/mol.